The lowest BCUT2D eigenvalue weighted by Gasteiger charge is -2.41. The number of halogens is 2. The summed E-state index contributed by atoms with van der Waals surface area (Å²) in [5.41, 5.74) is 0. The van der Waals surface area contributed by atoms with Crippen LogP contribution in [0.25, 0.3) is 0 Å². The minimum absolute atomic E-state index is 0.0738. The maximum atomic E-state index is 12.5. The molecule has 1 heterocycles. The van der Waals surface area contributed by atoms with Crippen molar-refractivity contribution >= 4 is 0 Å². The number of rotatable bonds is 5. The molecule has 1 N–H and O–H groups in total. The van der Waals surface area contributed by atoms with Gasteiger partial charge in [-0.25, -0.2) is 8.78 Å². The molecule has 1 rings (SSSR count). The molecule has 4 heteroatoms. The topological polar surface area (TPSA) is 15.3 Å². The quantitative estimate of drug-likeness (QED) is 0.785. The van der Waals surface area contributed by atoms with Crippen LogP contribution in [0.5, 0.6) is 0 Å². The maximum Gasteiger partial charge on any atom is 0.251 e. The highest BCUT2D eigenvalue weighted by atomic mass is 19.3. The van der Waals surface area contributed by atoms with Gasteiger partial charge in [0.1, 0.15) is 0 Å². The van der Waals surface area contributed by atoms with E-state index < -0.39 is 6.43 Å². The van der Waals surface area contributed by atoms with Gasteiger partial charge in [0.25, 0.3) is 6.43 Å². The Balaban J connectivity index is 2.54. The molecule has 2 atom stereocenters. The lowest BCUT2D eigenvalue weighted by atomic mass is 9.97. The SMILES string of the molecule is CCCC1CNC(C(C)C)CN1CC(F)F. The van der Waals surface area contributed by atoms with E-state index in [4.69, 9.17) is 0 Å². The number of alkyl halides is 2. The molecule has 0 aromatic rings. The molecule has 0 aliphatic carbocycles. The first-order valence-electron chi connectivity index (χ1n) is 6.30. The Labute approximate surface area is 97.4 Å². The van der Waals surface area contributed by atoms with Crippen LogP contribution in [-0.4, -0.2) is 43.0 Å². The molecule has 1 aliphatic heterocycles. The second kappa shape index (κ2) is 6.50. The van der Waals surface area contributed by atoms with Gasteiger partial charge in [-0.05, 0) is 12.3 Å². The standard InChI is InChI=1S/C12H24F2N2/c1-4-5-10-6-15-11(9(2)3)7-16(10)8-12(13)14/h9-12,15H,4-8H2,1-3H3. The largest absolute Gasteiger partial charge is 0.311 e. The van der Waals surface area contributed by atoms with Crippen LogP contribution >= 0.6 is 0 Å². The summed E-state index contributed by atoms with van der Waals surface area (Å²) < 4.78 is 25.0. The van der Waals surface area contributed by atoms with Gasteiger partial charge in [0.15, 0.2) is 0 Å². The molecule has 2 nitrogen and oxygen atoms in total. The van der Waals surface area contributed by atoms with Gasteiger partial charge >= 0.3 is 0 Å². The Kier molecular flexibility index (Phi) is 5.62. The molecule has 0 saturated carbocycles. The molecule has 1 aliphatic rings. The van der Waals surface area contributed by atoms with Crippen LogP contribution < -0.4 is 5.32 Å². The second-order valence-electron chi connectivity index (χ2n) is 5.05. The van der Waals surface area contributed by atoms with Gasteiger partial charge in [-0.3, -0.25) is 4.90 Å². The number of nitrogens with one attached hydrogen (secondary N) is 1. The summed E-state index contributed by atoms with van der Waals surface area (Å²) in [7, 11) is 0. The average Bonchev–Trinajstić information content (AvgIpc) is 2.19. The molecule has 1 fully saturated rings. The zero-order valence-electron chi connectivity index (χ0n) is 10.5. The van der Waals surface area contributed by atoms with E-state index in [2.05, 4.69) is 26.1 Å². The minimum Gasteiger partial charge on any atom is -0.311 e. The first-order chi connectivity index (χ1) is 7.54. The Morgan fingerprint density at radius 3 is 2.56 bits per heavy atom. The molecule has 0 bridgehead atoms. The number of hydrogen-bond acceptors (Lipinski definition) is 2. The summed E-state index contributed by atoms with van der Waals surface area (Å²) in [5, 5.41) is 3.47. The molecule has 0 amide bonds. The molecule has 96 valence electrons. The highest BCUT2D eigenvalue weighted by Gasteiger charge is 2.30. The van der Waals surface area contributed by atoms with Crippen molar-refractivity contribution in [1.29, 1.82) is 0 Å². The van der Waals surface area contributed by atoms with Crippen LogP contribution in [0.1, 0.15) is 33.6 Å². The van der Waals surface area contributed by atoms with Crippen LogP contribution in [0.15, 0.2) is 0 Å². The number of piperazine rings is 1. The molecule has 0 spiro atoms. The Hall–Kier alpha value is -0.220. The van der Waals surface area contributed by atoms with E-state index >= 15 is 0 Å². The maximum absolute atomic E-state index is 12.5. The van der Waals surface area contributed by atoms with Crippen molar-refractivity contribution in [1.82, 2.24) is 10.2 Å². The molecular formula is C12H24F2N2. The lowest BCUT2D eigenvalue weighted by Crippen LogP contribution is -2.58. The summed E-state index contributed by atoms with van der Waals surface area (Å²) in [6.07, 6.45) is -0.159. The van der Waals surface area contributed by atoms with E-state index in [0.717, 1.165) is 25.9 Å². The Morgan fingerprint density at radius 2 is 2.06 bits per heavy atom. The molecule has 2 unspecified atom stereocenters. The number of nitrogens with zero attached hydrogens (tertiary/aromatic N) is 1. The first kappa shape index (κ1) is 13.8. The zero-order valence-corrected chi connectivity index (χ0v) is 10.5. The van der Waals surface area contributed by atoms with Crippen molar-refractivity contribution in [2.24, 2.45) is 5.92 Å². The molecule has 0 aromatic carbocycles. The summed E-state index contributed by atoms with van der Waals surface area (Å²) in [5.74, 6) is 0.503. The van der Waals surface area contributed by atoms with E-state index in [1.54, 1.807) is 0 Å². The smallest absolute Gasteiger partial charge is 0.251 e. The van der Waals surface area contributed by atoms with Crippen molar-refractivity contribution in [3.63, 3.8) is 0 Å². The zero-order chi connectivity index (χ0) is 12.1. The van der Waals surface area contributed by atoms with Gasteiger partial charge in [0, 0.05) is 25.2 Å². The van der Waals surface area contributed by atoms with Crippen molar-refractivity contribution in [3.8, 4) is 0 Å². The van der Waals surface area contributed by atoms with E-state index in [-0.39, 0.29) is 12.6 Å². The highest BCUT2D eigenvalue weighted by molar-refractivity contribution is 4.87. The van der Waals surface area contributed by atoms with E-state index in [1.807, 2.05) is 4.90 Å². The van der Waals surface area contributed by atoms with Crippen molar-refractivity contribution in [2.75, 3.05) is 19.6 Å². The van der Waals surface area contributed by atoms with Crippen molar-refractivity contribution in [2.45, 2.75) is 52.1 Å². The third-order valence-electron chi connectivity index (χ3n) is 3.36. The van der Waals surface area contributed by atoms with Gasteiger partial charge in [0.05, 0.1) is 6.54 Å². The predicted molar refractivity (Wildman–Crippen MR) is 62.9 cm³/mol. The fourth-order valence-corrected chi connectivity index (χ4v) is 2.35. The van der Waals surface area contributed by atoms with Gasteiger partial charge < -0.3 is 5.32 Å². The normalized spacial score (nSPS) is 27.9. The van der Waals surface area contributed by atoms with E-state index in [0.29, 0.717) is 12.0 Å². The monoisotopic (exact) mass is 234 g/mol. The molecule has 16 heavy (non-hydrogen) atoms. The second-order valence-corrected chi connectivity index (χ2v) is 5.05. The fourth-order valence-electron chi connectivity index (χ4n) is 2.35. The predicted octanol–water partition coefficient (Wildman–Crippen LogP) is 2.35. The van der Waals surface area contributed by atoms with Gasteiger partial charge in [-0.2, -0.15) is 0 Å². The van der Waals surface area contributed by atoms with Crippen LogP contribution in [0, 0.1) is 5.92 Å². The van der Waals surface area contributed by atoms with E-state index in [1.165, 1.54) is 0 Å². The minimum atomic E-state index is -2.22. The van der Waals surface area contributed by atoms with Crippen molar-refractivity contribution < 1.29 is 8.78 Å². The van der Waals surface area contributed by atoms with Gasteiger partial charge in [0.2, 0.25) is 0 Å². The summed E-state index contributed by atoms with van der Waals surface area (Å²) in [4.78, 5) is 1.97. The lowest BCUT2D eigenvalue weighted by molar-refractivity contribution is 0.0341. The molecule has 0 radical (unpaired) electrons. The summed E-state index contributed by atoms with van der Waals surface area (Å²) in [6, 6.07) is 0.640. The van der Waals surface area contributed by atoms with E-state index in [9.17, 15) is 8.78 Å². The molecular weight excluding hydrogens is 210 g/mol. The molecule has 1 saturated heterocycles. The Bertz CT molecular complexity index is 197. The van der Waals surface area contributed by atoms with Crippen LogP contribution in [0.2, 0.25) is 0 Å². The highest BCUT2D eigenvalue weighted by Crippen LogP contribution is 2.17. The Morgan fingerprint density at radius 1 is 1.38 bits per heavy atom. The summed E-state index contributed by atoms with van der Waals surface area (Å²) >= 11 is 0. The van der Waals surface area contributed by atoms with Crippen molar-refractivity contribution in [3.05, 3.63) is 0 Å². The molecule has 0 aromatic heterocycles. The first-order valence-corrected chi connectivity index (χ1v) is 6.30. The average molecular weight is 234 g/mol. The third-order valence-corrected chi connectivity index (χ3v) is 3.36. The number of hydrogen-bond donors (Lipinski definition) is 1. The fraction of sp³-hybridized carbons (Fsp3) is 1.00. The third kappa shape index (κ3) is 3.98. The van der Waals surface area contributed by atoms with Crippen LogP contribution in [0.4, 0.5) is 8.78 Å². The van der Waals surface area contributed by atoms with Crippen LogP contribution in [-0.2, 0) is 0 Å². The van der Waals surface area contributed by atoms with Gasteiger partial charge in [-0.15, -0.1) is 0 Å². The van der Waals surface area contributed by atoms with Crippen LogP contribution in [0.3, 0.4) is 0 Å². The summed E-state index contributed by atoms with van der Waals surface area (Å²) in [6.45, 7) is 7.91. The van der Waals surface area contributed by atoms with Gasteiger partial charge in [-0.1, -0.05) is 27.2 Å².